The van der Waals surface area contributed by atoms with E-state index in [1.54, 1.807) is 0 Å². The van der Waals surface area contributed by atoms with Gasteiger partial charge in [-0.3, -0.25) is 0 Å². The summed E-state index contributed by atoms with van der Waals surface area (Å²) in [5, 5.41) is 10.5. The summed E-state index contributed by atoms with van der Waals surface area (Å²) in [7, 11) is 0. The van der Waals surface area contributed by atoms with Crippen molar-refractivity contribution in [2.24, 2.45) is 0 Å². The Hall–Kier alpha value is -1.31. The average molecular weight is 233 g/mol. The smallest absolute Gasteiger partial charge is 0.0417 e. The second-order valence-electron chi connectivity index (χ2n) is 5.71. The van der Waals surface area contributed by atoms with E-state index >= 15 is 0 Å². The van der Waals surface area contributed by atoms with Gasteiger partial charge < -0.3 is 9.90 Å². The van der Waals surface area contributed by atoms with Gasteiger partial charge in [-0.15, -0.1) is 0 Å². The topological polar surface area (TPSA) is 40.1 Å². The molecule has 94 valence electrons. The van der Waals surface area contributed by atoms with Crippen LogP contribution >= 0.6 is 0 Å². The molecule has 0 aliphatic carbocycles. The molecule has 1 aromatic carbocycles. The van der Waals surface area contributed by atoms with E-state index < -0.39 is 5.97 Å². The van der Waals surface area contributed by atoms with Crippen LogP contribution in [-0.2, 0) is 16.6 Å². The number of benzene rings is 1. The lowest BCUT2D eigenvalue weighted by molar-refractivity contribution is -0.305. The molecule has 0 radical (unpaired) electrons. The molecule has 0 saturated heterocycles. The summed E-state index contributed by atoms with van der Waals surface area (Å²) in [5.74, 6) is -0.983. The molecule has 0 heterocycles. The maximum Gasteiger partial charge on any atom is 0.0417 e. The van der Waals surface area contributed by atoms with Crippen LogP contribution in [0, 0.1) is 13.8 Å². The Balaban J connectivity index is 3.07. The van der Waals surface area contributed by atoms with Crippen molar-refractivity contribution in [1.29, 1.82) is 0 Å². The molecule has 17 heavy (non-hydrogen) atoms. The van der Waals surface area contributed by atoms with Crippen LogP contribution in [0.3, 0.4) is 0 Å². The van der Waals surface area contributed by atoms with Gasteiger partial charge >= 0.3 is 0 Å². The Kier molecular flexibility index (Phi) is 3.97. The van der Waals surface area contributed by atoms with Crippen molar-refractivity contribution in [3.63, 3.8) is 0 Å². The predicted octanol–water partition coefficient (Wildman–Crippen LogP) is 2.28. The van der Waals surface area contributed by atoms with E-state index in [9.17, 15) is 9.90 Å². The van der Waals surface area contributed by atoms with Crippen LogP contribution in [0.5, 0.6) is 0 Å². The number of hydrogen-bond acceptors (Lipinski definition) is 2. The Bertz CT molecular complexity index is 402. The number of aliphatic carboxylic acids is 1. The van der Waals surface area contributed by atoms with Crippen molar-refractivity contribution in [2.75, 3.05) is 0 Å². The zero-order valence-electron chi connectivity index (χ0n) is 11.4. The van der Waals surface area contributed by atoms with Crippen LogP contribution in [0.25, 0.3) is 0 Å². The number of aryl methyl sites for hydroxylation is 2. The van der Waals surface area contributed by atoms with Gasteiger partial charge in [0.1, 0.15) is 0 Å². The molecule has 0 fully saturated rings. The SMILES string of the molecule is Cc1cc(C(C)(C)C)cc(C)c1CCC(=O)[O-]. The fourth-order valence-corrected chi connectivity index (χ4v) is 2.05. The third kappa shape index (κ3) is 3.58. The minimum atomic E-state index is -0.983. The fraction of sp³-hybridized carbons (Fsp3) is 0.533. The van der Waals surface area contributed by atoms with Crippen LogP contribution < -0.4 is 5.11 Å². The number of carbonyl (C=O) groups is 1. The van der Waals surface area contributed by atoms with Gasteiger partial charge in [-0.2, -0.15) is 0 Å². The lowest BCUT2D eigenvalue weighted by Crippen LogP contribution is -2.22. The van der Waals surface area contributed by atoms with Crippen molar-refractivity contribution >= 4 is 5.97 Å². The molecule has 1 rings (SSSR count). The predicted molar refractivity (Wildman–Crippen MR) is 67.9 cm³/mol. The monoisotopic (exact) mass is 233 g/mol. The first-order valence-corrected chi connectivity index (χ1v) is 6.02. The van der Waals surface area contributed by atoms with E-state index in [-0.39, 0.29) is 11.8 Å². The van der Waals surface area contributed by atoms with Gasteiger partial charge in [-0.25, -0.2) is 0 Å². The minimum absolute atomic E-state index is 0.0938. The average Bonchev–Trinajstić information content (AvgIpc) is 2.14. The number of carbonyl (C=O) groups excluding carboxylic acids is 1. The van der Waals surface area contributed by atoms with Crippen LogP contribution in [0.4, 0.5) is 0 Å². The van der Waals surface area contributed by atoms with E-state index in [1.807, 2.05) is 13.8 Å². The molecule has 0 aliphatic rings. The van der Waals surface area contributed by atoms with Crippen molar-refractivity contribution < 1.29 is 9.90 Å². The molecular weight excluding hydrogens is 212 g/mol. The third-order valence-electron chi connectivity index (χ3n) is 3.14. The Labute approximate surface area is 104 Å². The highest BCUT2D eigenvalue weighted by Crippen LogP contribution is 2.27. The van der Waals surface area contributed by atoms with Gasteiger partial charge in [0.25, 0.3) is 0 Å². The lowest BCUT2D eigenvalue weighted by Gasteiger charge is -2.22. The Morgan fingerprint density at radius 3 is 2.00 bits per heavy atom. The van der Waals surface area contributed by atoms with Gasteiger partial charge in [0.05, 0.1) is 0 Å². The first kappa shape index (κ1) is 13.8. The van der Waals surface area contributed by atoms with Gasteiger partial charge in [-0.1, -0.05) is 32.9 Å². The molecule has 2 heteroatoms. The number of carboxylic acids is 1. The van der Waals surface area contributed by atoms with Gasteiger partial charge in [0, 0.05) is 5.97 Å². The first-order chi connectivity index (χ1) is 7.71. The summed E-state index contributed by atoms with van der Waals surface area (Å²) in [6.07, 6.45) is 0.654. The van der Waals surface area contributed by atoms with Gasteiger partial charge in [-0.05, 0) is 54.4 Å². The molecule has 0 spiro atoms. The number of rotatable bonds is 3. The van der Waals surface area contributed by atoms with Crippen molar-refractivity contribution in [2.45, 2.75) is 52.9 Å². The number of carboxylic acid groups (broad SMARTS) is 1. The van der Waals surface area contributed by atoms with Crippen LogP contribution in [0.1, 0.15) is 49.4 Å². The molecular formula is C15H21O2-. The summed E-state index contributed by atoms with van der Waals surface area (Å²) in [6, 6.07) is 4.33. The first-order valence-electron chi connectivity index (χ1n) is 6.02. The summed E-state index contributed by atoms with van der Waals surface area (Å²) >= 11 is 0. The highest BCUT2D eigenvalue weighted by molar-refractivity contribution is 5.65. The molecule has 0 unspecified atom stereocenters. The van der Waals surface area contributed by atoms with Crippen LogP contribution in [-0.4, -0.2) is 5.97 Å². The molecule has 0 aromatic heterocycles. The second-order valence-corrected chi connectivity index (χ2v) is 5.71. The molecule has 2 nitrogen and oxygen atoms in total. The van der Waals surface area contributed by atoms with Crippen molar-refractivity contribution in [1.82, 2.24) is 0 Å². The molecule has 0 atom stereocenters. The normalized spacial score (nSPS) is 11.6. The zero-order chi connectivity index (χ0) is 13.2. The molecule has 0 saturated carbocycles. The quantitative estimate of drug-likeness (QED) is 0.803. The fourth-order valence-electron chi connectivity index (χ4n) is 2.05. The summed E-state index contributed by atoms with van der Waals surface area (Å²) in [6.45, 7) is 10.6. The van der Waals surface area contributed by atoms with Crippen LogP contribution in [0.2, 0.25) is 0 Å². The van der Waals surface area contributed by atoms with E-state index in [4.69, 9.17) is 0 Å². The molecule has 0 amide bonds. The standard InChI is InChI=1S/C15H22O2/c1-10-8-12(15(3,4)5)9-11(2)13(10)6-7-14(16)17/h8-9H,6-7H2,1-5H3,(H,16,17)/p-1. The Morgan fingerprint density at radius 1 is 1.18 bits per heavy atom. The van der Waals surface area contributed by atoms with Gasteiger partial charge in [0.2, 0.25) is 0 Å². The number of hydrogen-bond donors (Lipinski definition) is 0. The zero-order valence-corrected chi connectivity index (χ0v) is 11.4. The molecule has 0 aliphatic heterocycles. The maximum atomic E-state index is 10.5. The van der Waals surface area contributed by atoms with Crippen molar-refractivity contribution in [3.8, 4) is 0 Å². The third-order valence-corrected chi connectivity index (χ3v) is 3.14. The van der Waals surface area contributed by atoms with E-state index in [2.05, 4.69) is 32.9 Å². The van der Waals surface area contributed by atoms with Crippen molar-refractivity contribution in [3.05, 3.63) is 34.4 Å². The van der Waals surface area contributed by atoms with E-state index in [1.165, 1.54) is 16.7 Å². The molecule has 0 N–H and O–H groups in total. The summed E-state index contributed by atoms with van der Waals surface area (Å²) < 4.78 is 0. The largest absolute Gasteiger partial charge is 0.550 e. The maximum absolute atomic E-state index is 10.5. The summed E-state index contributed by atoms with van der Waals surface area (Å²) in [5.41, 5.74) is 4.92. The second kappa shape index (κ2) is 4.91. The molecule has 1 aromatic rings. The van der Waals surface area contributed by atoms with Gasteiger partial charge in [0.15, 0.2) is 0 Å². The Morgan fingerprint density at radius 2 is 1.65 bits per heavy atom. The highest BCUT2D eigenvalue weighted by atomic mass is 16.4. The summed E-state index contributed by atoms with van der Waals surface area (Å²) in [4.78, 5) is 10.5. The van der Waals surface area contributed by atoms with Crippen LogP contribution in [0.15, 0.2) is 12.1 Å². The molecule has 0 bridgehead atoms. The minimum Gasteiger partial charge on any atom is -0.550 e. The lowest BCUT2D eigenvalue weighted by atomic mass is 9.83. The highest BCUT2D eigenvalue weighted by Gasteiger charge is 2.16. The van der Waals surface area contributed by atoms with E-state index in [0.29, 0.717) is 6.42 Å². The van der Waals surface area contributed by atoms with E-state index in [0.717, 1.165) is 5.56 Å².